The molecule has 1 aliphatic heterocycles. The minimum Gasteiger partial charge on any atom is -0.347 e. The SMILES string of the molecule is CN1CCN(c2no[nH]c2=O)CC1. The van der Waals surface area contributed by atoms with Crippen molar-refractivity contribution in [1.29, 1.82) is 0 Å². The Kier molecular flexibility index (Phi) is 2.05. The van der Waals surface area contributed by atoms with Gasteiger partial charge in [-0.25, -0.2) is 0 Å². The number of nitrogens with one attached hydrogen (secondary N) is 1. The van der Waals surface area contributed by atoms with E-state index in [2.05, 4.69) is 26.9 Å². The number of aromatic amines is 1. The number of H-pyrrole nitrogens is 1. The van der Waals surface area contributed by atoms with Gasteiger partial charge in [0.1, 0.15) is 0 Å². The Labute approximate surface area is 75.1 Å². The summed E-state index contributed by atoms with van der Waals surface area (Å²) in [7, 11) is 2.06. The van der Waals surface area contributed by atoms with Gasteiger partial charge in [0.25, 0.3) is 0 Å². The van der Waals surface area contributed by atoms with E-state index in [0.717, 1.165) is 26.2 Å². The lowest BCUT2D eigenvalue weighted by molar-refractivity contribution is 0.294. The van der Waals surface area contributed by atoms with Gasteiger partial charge in [0.2, 0.25) is 5.82 Å². The summed E-state index contributed by atoms with van der Waals surface area (Å²) in [4.78, 5) is 15.3. The second-order valence-corrected chi connectivity index (χ2v) is 3.23. The topological polar surface area (TPSA) is 65.4 Å². The predicted molar refractivity (Wildman–Crippen MR) is 46.8 cm³/mol. The van der Waals surface area contributed by atoms with Crippen LogP contribution in [-0.4, -0.2) is 48.4 Å². The average Bonchev–Trinajstić information content (AvgIpc) is 2.53. The molecule has 0 spiro atoms. The summed E-state index contributed by atoms with van der Waals surface area (Å²) in [6.07, 6.45) is 0. The smallest absolute Gasteiger partial charge is 0.325 e. The van der Waals surface area contributed by atoms with Gasteiger partial charge in [-0.1, -0.05) is 0 Å². The molecule has 0 atom stereocenters. The second kappa shape index (κ2) is 3.21. The van der Waals surface area contributed by atoms with E-state index in [-0.39, 0.29) is 5.56 Å². The van der Waals surface area contributed by atoms with Crippen LogP contribution < -0.4 is 10.5 Å². The van der Waals surface area contributed by atoms with Crippen molar-refractivity contribution in [2.45, 2.75) is 0 Å². The molecule has 0 aliphatic carbocycles. The molecular formula is C7H12N4O2. The molecule has 0 unspecified atom stereocenters. The summed E-state index contributed by atoms with van der Waals surface area (Å²) in [5, 5.41) is 5.81. The number of piperazine rings is 1. The Hall–Kier alpha value is -1.30. The van der Waals surface area contributed by atoms with E-state index in [9.17, 15) is 4.79 Å². The Morgan fingerprint density at radius 2 is 2.08 bits per heavy atom. The molecule has 2 rings (SSSR count). The highest BCUT2D eigenvalue weighted by Gasteiger charge is 2.19. The van der Waals surface area contributed by atoms with Crippen LogP contribution in [0.3, 0.4) is 0 Å². The molecule has 2 heterocycles. The zero-order valence-electron chi connectivity index (χ0n) is 7.49. The van der Waals surface area contributed by atoms with Crippen LogP contribution in [0.25, 0.3) is 0 Å². The molecule has 1 aliphatic rings. The molecule has 0 radical (unpaired) electrons. The van der Waals surface area contributed by atoms with Gasteiger partial charge < -0.3 is 9.80 Å². The molecule has 0 aromatic carbocycles. The highest BCUT2D eigenvalue weighted by molar-refractivity contribution is 5.34. The van der Waals surface area contributed by atoms with Gasteiger partial charge in [0.05, 0.1) is 0 Å². The molecule has 1 saturated heterocycles. The third kappa shape index (κ3) is 1.57. The van der Waals surface area contributed by atoms with E-state index >= 15 is 0 Å². The molecule has 72 valence electrons. The molecule has 0 amide bonds. The van der Waals surface area contributed by atoms with Crippen LogP contribution in [0.4, 0.5) is 5.82 Å². The number of hydrogen-bond acceptors (Lipinski definition) is 5. The first-order valence-electron chi connectivity index (χ1n) is 4.25. The van der Waals surface area contributed by atoms with Gasteiger partial charge in [-0.05, 0) is 12.2 Å². The highest BCUT2D eigenvalue weighted by atomic mass is 16.6. The van der Waals surface area contributed by atoms with Crippen molar-refractivity contribution in [3.63, 3.8) is 0 Å². The van der Waals surface area contributed by atoms with Crippen LogP contribution in [0.15, 0.2) is 9.42 Å². The van der Waals surface area contributed by atoms with Crippen LogP contribution in [-0.2, 0) is 0 Å². The summed E-state index contributed by atoms with van der Waals surface area (Å²) < 4.78 is 4.48. The van der Waals surface area contributed by atoms with Crippen molar-refractivity contribution in [2.24, 2.45) is 0 Å². The third-order valence-corrected chi connectivity index (χ3v) is 2.28. The summed E-state index contributed by atoms with van der Waals surface area (Å²) in [6.45, 7) is 3.55. The zero-order chi connectivity index (χ0) is 9.26. The van der Waals surface area contributed by atoms with Gasteiger partial charge in [0.15, 0.2) is 0 Å². The molecule has 6 heteroatoms. The van der Waals surface area contributed by atoms with Crippen molar-refractivity contribution >= 4 is 5.82 Å². The van der Waals surface area contributed by atoms with E-state index < -0.39 is 0 Å². The van der Waals surface area contributed by atoms with E-state index in [0.29, 0.717) is 5.82 Å². The molecule has 13 heavy (non-hydrogen) atoms. The summed E-state index contributed by atoms with van der Waals surface area (Å²) in [6, 6.07) is 0. The van der Waals surface area contributed by atoms with Crippen molar-refractivity contribution in [3.05, 3.63) is 10.4 Å². The predicted octanol–water partition coefficient (Wildman–Crippen LogP) is -0.885. The lowest BCUT2D eigenvalue weighted by Gasteiger charge is -2.31. The fraction of sp³-hybridized carbons (Fsp3) is 0.714. The maximum atomic E-state index is 11.1. The van der Waals surface area contributed by atoms with Crippen LogP contribution in [0.2, 0.25) is 0 Å². The molecule has 1 fully saturated rings. The molecular weight excluding hydrogens is 172 g/mol. The van der Waals surface area contributed by atoms with E-state index in [1.807, 2.05) is 4.90 Å². The van der Waals surface area contributed by atoms with Crippen LogP contribution in [0, 0.1) is 0 Å². The number of anilines is 1. The van der Waals surface area contributed by atoms with Gasteiger partial charge >= 0.3 is 5.56 Å². The van der Waals surface area contributed by atoms with Crippen LogP contribution in [0.1, 0.15) is 0 Å². The number of likely N-dealkylation sites (N-methyl/N-ethyl adjacent to an activating group) is 1. The monoisotopic (exact) mass is 184 g/mol. The first-order valence-corrected chi connectivity index (χ1v) is 4.25. The number of nitrogens with zero attached hydrogens (tertiary/aromatic N) is 3. The number of rotatable bonds is 1. The van der Waals surface area contributed by atoms with Crippen molar-refractivity contribution in [3.8, 4) is 0 Å². The van der Waals surface area contributed by atoms with Gasteiger partial charge in [-0.2, -0.15) is 5.16 Å². The Morgan fingerprint density at radius 1 is 1.38 bits per heavy atom. The summed E-state index contributed by atoms with van der Waals surface area (Å²) in [5.41, 5.74) is -0.246. The maximum Gasteiger partial charge on any atom is 0.325 e. The van der Waals surface area contributed by atoms with Crippen molar-refractivity contribution in [2.75, 3.05) is 38.1 Å². The van der Waals surface area contributed by atoms with Gasteiger partial charge in [0, 0.05) is 26.2 Å². The first kappa shape index (κ1) is 8.31. The number of hydrogen-bond donors (Lipinski definition) is 1. The highest BCUT2D eigenvalue weighted by Crippen LogP contribution is 2.06. The lowest BCUT2D eigenvalue weighted by atomic mass is 10.3. The first-order chi connectivity index (χ1) is 6.27. The van der Waals surface area contributed by atoms with Crippen LogP contribution >= 0.6 is 0 Å². The molecule has 0 bridgehead atoms. The average molecular weight is 184 g/mol. The summed E-state index contributed by atoms with van der Waals surface area (Å²) >= 11 is 0. The molecule has 6 nitrogen and oxygen atoms in total. The summed E-state index contributed by atoms with van der Waals surface area (Å²) in [5.74, 6) is 0.396. The minimum absolute atomic E-state index is 0.246. The molecule has 0 saturated carbocycles. The van der Waals surface area contributed by atoms with E-state index in [4.69, 9.17) is 0 Å². The zero-order valence-corrected chi connectivity index (χ0v) is 7.49. The van der Waals surface area contributed by atoms with E-state index in [1.54, 1.807) is 0 Å². The maximum absolute atomic E-state index is 11.1. The third-order valence-electron chi connectivity index (χ3n) is 2.28. The van der Waals surface area contributed by atoms with Gasteiger partial charge in [-0.3, -0.25) is 9.42 Å². The number of aromatic nitrogens is 2. The van der Waals surface area contributed by atoms with Gasteiger partial charge in [-0.15, -0.1) is 0 Å². The minimum atomic E-state index is -0.246. The van der Waals surface area contributed by atoms with Crippen LogP contribution in [0.5, 0.6) is 0 Å². The molecule has 1 aromatic heterocycles. The van der Waals surface area contributed by atoms with Crippen molar-refractivity contribution in [1.82, 2.24) is 15.2 Å². The standard InChI is InChI=1S/C7H12N4O2/c1-10-2-4-11(5-3-10)6-7(12)9-13-8-6/h2-5H2,1H3,(H,9,12). The Morgan fingerprint density at radius 3 is 2.62 bits per heavy atom. The Balaban J connectivity index is 2.11. The van der Waals surface area contributed by atoms with Crippen molar-refractivity contribution < 1.29 is 4.63 Å². The fourth-order valence-electron chi connectivity index (χ4n) is 1.41. The fourth-order valence-corrected chi connectivity index (χ4v) is 1.41. The molecule has 1 aromatic rings. The second-order valence-electron chi connectivity index (χ2n) is 3.23. The van der Waals surface area contributed by atoms with E-state index in [1.165, 1.54) is 0 Å². The lowest BCUT2D eigenvalue weighted by Crippen LogP contribution is -2.46. The Bertz CT molecular complexity index is 323. The quantitative estimate of drug-likeness (QED) is 0.613. The normalized spacial score (nSPS) is 19.3. The largest absolute Gasteiger partial charge is 0.347 e. The molecule has 1 N–H and O–H groups in total.